The van der Waals surface area contributed by atoms with Crippen LogP contribution >= 0.6 is 0 Å². The van der Waals surface area contributed by atoms with Crippen molar-refractivity contribution >= 4 is 6.29 Å². The number of methoxy groups -OCH3 is 1. The monoisotopic (exact) mass is 198 g/mol. The topological polar surface area (TPSA) is 26.3 Å². The molecule has 0 rings (SSSR count). The van der Waals surface area contributed by atoms with Crippen molar-refractivity contribution in [3.63, 3.8) is 0 Å². The van der Waals surface area contributed by atoms with Gasteiger partial charge in [-0.3, -0.25) is 4.79 Å². The Balaban J connectivity index is 3.47. The number of aldehydes is 1. The Morgan fingerprint density at radius 3 is 2.64 bits per heavy atom. The van der Waals surface area contributed by atoms with Crippen LogP contribution in [0.4, 0.5) is 0 Å². The first kappa shape index (κ1) is 13.4. The molecule has 1 unspecified atom stereocenters. The zero-order valence-electron chi connectivity index (χ0n) is 9.37. The Hall–Kier alpha value is -0.630. The van der Waals surface area contributed by atoms with E-state index in [2.05, 4.69) is 6.92 Å². The second kappa shape index (κ2) is 10.5. The summed E-state index contributed by atoms with van der Waals surface area (Å²) in [7, 11) is 1.74. The molecule has 0 heterocycles. The van der Waals surface area contributed by atoms with Crippen LogP contribution in [0.5, 0.6) is 0 Å². The van der Waals surface area contributed by atoms with E-state index >= 15 is 0 Å². The highest BCUT2D eigenvalue weighted by molar-refractivity contribution is 5.64. The molecule has 2 nitrogen and oxygen atoms in total. The Morgan fingerprint density at radius 2 is 2.07 bits per heavy atom. The lowest BCUT2D eigenvalue weighted by atomic mass is 10.1. The van der Waals surface area contributed by atoms with Crippen LogP contribution in [-0.4, -0.2) is 19.5 Å². The molecular weight excluding hydrogens is 176 g/mol. The van der Waals surface area contributed by atoms with Crippen molar-refractivity contribution in [1.29, 1.82) is 0 Å². The van der Waals surface area contributed by atoms with E-state index in [0.29, 0.717) is 0 Å². The highest BCUT2D eigenvalue weighted by atomic mass is 16.5. The predicted octanol–water partition coefficient (Wildman–Crippen LogP) is 3.12. The summed E-state index contributed by atoms with van der Waals surface area (Å²) in [5, 5.41) is 0. The Kier molecular flexibility index (Phi) is 9.98. The molecule has 0 N–H and O–H groups in total. The van der Waals surface area contributed by atoms with Crippen molar-refractivity contribution in [2.24, 2.45) is 0 Å². The number of carbonyl (C=O) groups excluding carboxylic acids is 1. The summed E-state index contributed by atoms with van der Waals surface area (Å²) in [5.41, 5.74) is 0. The fourth-order valence-electron chi connectivity index (χ4n) is 1.42. The summed E-state index contributed by atoms with van der Waals surface area (Å²) in [6, 6.07) is 0. The summed E-state index contributed by atoms with van der Waals surface area (Å²) in [4.78, 5) is 10.0. The lowest BCUT2D eigenvalue weighted by Crippen LogP contribution is -2.08. The van der Waals surface area contributed by atoms with E-state index in [0.717, 1.165) is 19.1 Å². The third kappa shape index (κ3) is 7.99. The van der Waals surface area contributed by atoms with Crippen LogP contribution in [0.1, 0.15) is 45.4 Å². The second-order valence-corrected chi connectivity index (χ2v) is 3.51. The lowest BCUT2D eigenvalue weighted by Gasteiger charge is -2.12. The van der Waals surface area contributed by atoms with Gasteiger partial charge in [0.1, 0.15) is 6.29 Å². The predicted molar refractivity (Wildman–Crippen MR) is 59.4 cm³/mol. The van der Waals surface area contributed by atoms with Crippen molar-refractivity contribution in [2.45, 2.75) is 51.6 Å². The molecular formula is C12H22O2. The zero-order chi connectivity index (χ0) is 10.6. The van der Waals surface area contributed by atoms with Gasteiger partial charge >= 0.3 is 0 Å². The van der Waals surface area contributed by atoms with Gasteiger partial charge in [-0.25, -0.2) is 0 Å². The number of allylic oxidation sites excluding steroid dienone is 1. The number of unbranched alkanes of at least 4 members (excludes halogenated alkanes) is 3. The molecule has 0 aliphatic rings. The first-order chi connectivity index (χ1) is 6.85. The van der Waals surface area contributed by atoms with E-state index in [-0.39, 0.29) is 6.10 Å². The maximum Gasteiger partial charge on any atom is 0.142 e. The molecule has 0 radical (unpaired) electrons. The Bertz CT molecular complexity index is 152. The first-order valence-corrected chi connectivity index (χ1v) is 5.48. The molecule has 0 spiro atoms. The first-order valence-electron chi connectivity index (χ1n) is 5.48. The SMILES string of the molecule is CCCCCCC(CC=CC=O)OC. The van der Waals surface area contributed by atoms with Gasteiger partial charge in [-0.15, -0.1) is 0 Å². The molecule has 14 heavy (non-hydrogen) atoms. The van der Waals surface area contributed by atoms with Crippen LogP contribution in [0.2, 0.25) is 0 Å². The maximum absolute atomic E-state index is 10.0. The standard InChI is InChI=1S/C12H22O2/c1-3-4-5-6-9-12(14-2)10-7-8-11-13/h7-8,11-12H,3-6,9-10H2,1-2H3. The van der Waals surface area contributed by atoms with Gasteiger partial charge in [-0.05, 0) is 18.9 Å². The highest BCUT2D eigenvalue weighted by Gasteiger charge is 2.03. The molecule has 0 fully saturated rings. The van der Waals surface area contributed by atoms with Gasteiger partial charge in [-0.1, -0.05) is 38.7 Å². The minimum atomic E-state index is 0.281. The molecule has 0 aliphatic carbocycles. The smallest absolute Gasteiger partial charge is 0.142 e. The highest BCUT2D eigenvalue weighted by Crippen LogP contribution is 2.10. The molecule has 0 bridgehead atoms. The largest absolute Gasteiger partial charge is 0.381 e. The van der Waals surface area contributed by atoms with Gasteiger partial charge < -0.3 is 4.74 Å². The molecule has 0 aliphatic heterocycles. The quantitative estimate of drug-likeness (QED) is 0.323. The van der Waals surface area contributed by atoms with Crippen molar-refractivity contribution in [3.8, 4) is 0 Å². The normalized spacial score (nSPS) is 13.3. The number of rotatable bonds is 9. The van der Waals surface area contributed by atoms with Gasteiger partial charge in [0.05, 0.1) is 6.10 Å². The molecule has 0 saturated heterocycles. The molecule has 82 valence electrons. The van der Waals surface area contributed by atoms with Crippen LogP contribution in [-0.2, 0) is 9.53 Å². The molecule has 0 aromatic rings. The minimum absolute atomic E-state index is 0.281. The van der Waals surface area contributed by atoms with Crippen LogP contribution < -0.4 is 0 Å². The maximum atomic E-state index is 10.0. The van der Waals surface area contributed by atoms with Crippen molar-refractivity contribution in [2.75, 3.05) is 7.11 Å². The molecule has 0 aromatic heterocycles. The van der Waals surface area contributed by atoms with Gasteiger partial charge in [0.25, 0.3) is 0 Å². The Morgan fingerprint density at radius 1 is 1.29 bits per heavy atom. The summed E-state index contributed by atoms with van der Waals surface area (Å²) >= 11 is 0. The molecule has 0 aromatic carbocycles. The van der Waals surface area contributed by atoms with E-state index < -0.39 is 0 Å². The third-order valence-electron chi connectivity index (χ3n) is 2.33. The molecule has 0 amide bonds. The van der Waals surface area contributed by atoms with Gasteiger partial charge in [-0.2, -0.15) is 0 Å². The molecule has 2 heteroatoms. The zero-order valence-corrected chi connectivity index (χ0v) is 9.37. The van der Waals surface area contributed by atoms with E-state index in [1.54, 1.807) is 7.11 Å². The van der Waals surface area contributed by atoms with E-state index in [9.17, 15) is 4.79 Å². The molecule has 0 saturated carbocycles. The number of hydrogen-bond acceptors (Lipinski definition) is 2. The van der Waals surface area contributed by atoms with Crippen LogP contribution in [0.25, 0.3) is 0 Å². The summed E-state index contributed by atoms with van der Waals surface area (Å²) in [5.74, 6) is 0. The van der Waals surface area contributed by atoms with Crippen molar-refractivity contribution in [3.05, 3.63) is 12.2 Å². The fourth-order valence-corrected chi connectivity index (χ4v) is 1.42. The minimum Gasteiger partial charge on any atom is -0.381 e. The Labute approximate surface area is 87.3 Å². The fraction of sp³-hybridized carbons (Fsp3) is 0.750. The van der Waals surface area contributed by atoms with Crippen LogP contribution in [0.3, 0.4) is 0 Å². The van der Waals surface area contributed by atoms with Gasteiger partial charge in [0.15, 0.2) is 0 Å². The van der Waals surface area contributed by atoms with E-state index in [4.69, 9.17) is 4.74 Å². The van der Waals surface area contributed by atoms with E-state index in [1.165, 1.54) is 31.8 Å². The van der Waals surface area contributed by atoms with Crippen LogP contribution in [0.15, 0.2) is 12.2 Å². The van der Waals surface area contributed by atoms with Crippen LogP contribution in [0, 0.1) is 0 Å². The summed E-state index contributed by atoms with van der Waals surface area (Å²) < 4.78 is 5.31. The third-order valence-corrected chi connectivity index (χ3v) is 2.33. The van der Waals surface area contributed by atoms with Crippen molar-refractivity contribution < 1.29 is 9.53 Å². The van der Waals surface area contributed by atoms with Gasteiger partial charge in [0.2, 0.25) is 0 Å². The number of ether oxygens (including phenoxy) is 1. The van der Waals surface area contributed by atoms with Gasteiger partial charge in [0, 0.05) is 7.11 Å². The lowest BCUT2D eigenvalue weighted by molar-refractivity contribution is -0.104. The average Bonchev–Trinajstić information content (AvgIpc) is 2.22. The number of carbonyl (C=O) groups is 1. The molecule has 1 atom stereocenters. The summed E-state index contributed by atoms with van der Waals surface area (Å²) in [6.07, 6.45) is 11.5. The second-order valence-electron chi connectivity index (χ2n) is 3.51. The van der Waals surface area contributed by atoms with E-state index in [1.807, 2.05) is 6.08 Å². The average molecular weight is 198 g/mol. The summed E-state index contributed by atoms with van der Waals surface area (Å²) in [6.45, 7) is 2.21. The van der Waals surface area contributed by atoms with Crippen molar-refractivity contribution in [1.82, 2.24) is 0 Å². The number of hydrogen-bond donors (Lipinski definition) is 0.